The molecule has 0 heterocycles. The van der Waals surface area contributed by atoms with Crippen molar-refractivity contribution in [2.24, 2.45) is 5.10 Å². The summed E-state index contributed by atoms with van der Waals surface area (Å²) in [6.45, 7) is 6.94. The van der Waals surface area contributed by atoms with E-state index in [-0.39, 0.29) is 6.04 Å². The van der Waals surface area contributed by atoms with Crippen molar-refractivity contribution in [3.63, 3.8) is 0 Å². The van der Waals surface area contributed by atoms with E-state index in [9.17, 15) is 0 Å². The van der Waals surface area contributed by atoms with Gasteiger partial charge in [-0.2, -0.15) is 5.10 Å². The molecule has 0 aromatic heterocycles. The van der Waals surface area contributed by atoms with Crippen molar-refractivity contribution in [1.29, 1.82) is 0 Å². The monoisotopic (exact) mass is 293 g/mol. The van der Waals surface area contributed by atoms with Gasteiger partial charge in [-0.3, -0.25) is 5.43 Å². The third kappa shape index (κ3) is 6.12. The zero-order valence-electron chi connectivity index (χ0n) is 12.5. The summed E-state index contributed by atoms with van der Waals surface area (Å²) >= 11 is 5.12. The molecule has 110 valence electrons. The summed E-state index contributed by atoms with van der Waals surface area (Å²) in [5.41, 5.74) is 5.15. The second-order valence-corrected chi connectivity index (χ2v) is 5.43. The summed E-state index contributed by atoms with van der Waals surface area (Å²) in [4.78, 5) is 0. The second kappa shape index (κ2) is 8.66. The Morgan fingerprint density at radius 1 is 1.30 bits per heavy atom. The molecule has 0 saturated carbocycles. The highest BCUT2D eigenvalue weighted by molar-refractivity contribution is 7.80. The highest BCUT2D eigenvalue weighted by Crippen LogP contribution is 2.13. The smallest absolute Gasteiger partial charge is 0.187 e. The van der Waals surface area contributed by atoms with Crippen LogP contribution in [0, 0.1) is 0 Å². The number of nitrogens with zero attached hydrogens (tertiary/aromatic N) is 1. The van der Waals surface area contributed by atoms with E-state index in [1.807, 2.05) is 19.1 Å². The molecule has 0 spiro atoms. The van der Waals surface area contributed by atoms with Gasteiger partial charge >= 0.3 is 0 Å². The third-order valence-electron chi connectivity index (χ3n) is 2.78. The number of hydrogen-bond acceptors (Lipinski definition) is 3. The fraction of sp³-hybridized carbons (Fsp3) is 0.467. The average Bonchev–Trinajstić information content (AvgIpc) is 2.39. The molecule has 0 aliphatic rings. The van der Waals surface area contributed by atoms with Crippen molar-refractivity contribution in [3.05, 3.63) is 35.4 Å². The zero-order valence-corrected chi connectivity index (χ0v) is 13.3. The second-order valence-electron chi connectivity index (χ2n) is 5.02. The van der Waals surface area contributed by atoms with E-state index in [2.05, 4.69) is 41.8 Å². The Bertz CT molecular complexity index is 443. The Labute approximate surface area is 126 Å². The van der Waals surface area contributed by atoms with E-state index in [1.54, 1.807) is 13.3 Å². The molecule has 0 aliphatic carbocycles. The van der Waals surface area contributed by atoms with Crippen LogP contribution in [0.15, 0.2) is 29.4 Å². The number of benzene rings is 1. The first kappa shape index (κ1) is 16.6. The van der Waals surface area contributed by atoms with Gasteiger partial charge in [-0.05, 0) is 36.2 Å². The van der Waals surface area contributed by atoms with Crippen LogP contribution >= 0.6 is 12.2 Å². The van der Waals surface area contributed by atoms with Crippen molar-refractivity contribution in [2.45, 2.75) is 32.7 Å². The summed E-state index contributed by atoms with van der Waals surface area (Å²) in [7, 11) is 1.66. The molecule has 1 atom stereocenters. The van der Waals surface area contributed by atoms with Crippen LogP contribution in [-0.4, -0.2) is 31.1 Å². The highest BCUT2D eigenvalue weighted by Gasteiger charge is 2.01. The summed E-state index contributed by atoms with van der Waals surface area (Å²) in [5, 5.41) is 7.67. The molecule has 0 saturated heterocycles. The Hall–Kier alpha value is -1.46. The third-order valence-corrected chi connectivity index (χ3v) is 2.99. The van der Waals surface area contributed by atoms with Crippen LogP contribution in [-0.2, 0) is 4.74 Å². The van der Waals surface area contributed by atoms with Crippen LogP contribution in [0.25, 0.3) is 0 Å². The predicted octanol–water partition coefficient (Wildman–Crippen LogP) is 2.64. The predicted molar refractivity (Wildman–Crippen MR) is 88.3 cm³/mol. The molecule has 0 bridgehead atoms. The molecule has 0 amide bonds. The maximum Gasteiger partial charge on any atom is 0.187 e. The maximum atomic E-state index is 5.12. The van der Waals surface area contributed by atoms with E-state index in [4.69, 9.17) is 17.0 Å². The van der Waals surface area contributed by atoms with Crippen molar-refractivity contribution >= 4 is 23.5 Å². The zero-order chi connectivity index (χ0) is 15.0. The number of nitrogens with one attached hydrogen (secondary N) is 2. The summed E-state index contributed by atoms with van der Waals surface area (Å²) in [6.07, 6.45) is 1.75. The molecule has 0 aliphatic heterocycles. The summed E-state index contributed by atoms with van der Waals surface area (Å²) < 4.78 is 5.02. The number of methoxy groups -OCH3 is 1. The van der Waals surface area contributed by atoms with Crippen molar-refractivity contribution in [1.82, 2.24) is 10.7 Å². The van der Waals surface area contributed by atoms with E-state index >= 15 is 0 Å². The minimum Gasteiger partial charge on any atom is -0.383 e. The molecule has 20 heavy (non-hydrogen) atoms. The minimum atomic E-state index is 0.153. The first-order valence-corrected chi connectivity index (χ1v) is 7.12. The molecule has 4 nitrogen and oxygen atoms in total. The first-order valence-electron chi connectivity index (χ1n) is 6.71. The van der Waals surface area contributed by atoms with Crippen LogP contribution in [0.4, 0.5) is 0 Å². The fourth-order valence-electron chi connectivity index (χ4n) is 1.68. The number of hydrazone groups is 1. The van der Waals surface area contributed by atoms with Crippen LogP contribution in [0.1, 0.15) is 37.8 Å². The van der Waals surface area contributed by atoms with E-state index in [0.29, 0.717) is 17.6 Å². The SMILES string of the molecule is COC[C@@H](C)NC(=S)N/N=C\c1ccc(C(C)C)cc1. The number of thiocarbonyl (C=S) groups is 1. The molecule has 1 aromatic rings. The molecule has 1 aromatic carbocycles. The van der Waals surface area contributed by atoms with Gasteiger partial charge in [-0.25, -0.2) is 0 Å². The average molecular weight is 293 g/mol. The molecule has 2 N–H and O–H groups in total. The van der Waals surface area contributed by atoms with Crippen LogP contribution < -0.4 is 10.7 Å². The normalized spacial score (nSPS) is 12.7. The van der Waals surface area contributed by atoms with Gasteiger partial charge in [0.2, 0.25) is 0 Å². The van der Waals surface area contributed by atoms with Crippen molar-refractivity contribution in [2.75, 3.05) is 13.7 Å². The molecule has 0 unspecified atom stereocenters. The lowest BCUT2D eigenvalue weighted by Gasteiger charge is -2.13. The van der Waals surface area contributed by atoms with Crippen molar-refractivity contribution in [3.8, 4) is 0 Å². The fourth-order valence-corrected chi connectivity index (χ4v) is 1.93. The van der Waals surface area contributed by atoms with Crippen LogP contribution in [0.5, 0.6) is 0 Å². The first-order chi connectivity index (χ1) is 9.52. The lowest BCUT2D eigenvalue weighted by molar-refractivity contribution is 0.179. The molecule has 1 rings (SSSR count). The van der Waals surface area contributed by atoms with Gasteiger partial charge in [-0.1, -0.05) is 38.1 Å². The Kier molecular flexibility index (Phi) is 7.18. The van der Waals surface area contributed by atoms with E-state index < -0.39 is 0 Å². The van der Waals surface area contributed by atoms with E-state index in [0.717, 1.165) is 5.56 Å². The van der Waals surface area contributed by atoms with Gasteiger partial charge in [0, 0.05) is 13.2 Å². The summed E-state index contributed by atoms with van der Waals surface area (Å²) in [6, 6.07) is 8.47. The lowest BCUT2D eigenvalue weighted by Crippen LogP contribution is -2.40. The number of hydrogen-bond donors (Lipinski definition) is 2. The van der Waals surface area contributed by atoms with Crippen LogP contribution in [0.3, 0.4) is 0 Å². The van der Waals surface area contributed by atoms with Crippen LogP contribution in [0.2, 0.25) is 0 Å². The Morgan fingerprint density at radius 2 is 1.95 bits per heavy atom. The van der Waals surface area contributed by atoms with Gasteiger partial charge in [0.05, 0.1) is 12.8 Å². The molecular formula is C15H23N3OS. The van der Waals surface area contributed by atoms with E-state index in [1.165, 1.54) is 5.56 Å². The molecule has 0 fully saturated rings. The largest absolute Gasteiger partial charge is 0.383 e. The highest BCUT2D eigenvalue weighted by atomic mass is 32.1. The van der Waals surface area contributed by atoms with Gasteiger partial charge in [0.15, 0.2) is 5.11 Å². The van der Waals surface area contributed by atoms with Gasteiger partial charge in [-0.15, -0.1) is 0 Å². The summed E-state index contributed by atoms with van der Waals surface area (Å²) in [5.74, 6) is 0.540. The topological polar surface area (TPSA) is 45.6 Å². The quantitative estimate of drug-likeness (QED) is 0.481. The Balaban J connectivity index is 2.42. The van der Waals surface area contributed by atoms with Gasteiger partial charge in [0.1, 0.15) is 0 Å². The number of rotatable bonds is 6. The number of ether oxygens (including phenoxy) is 1. The molecule has 0 radical (unpaired) electrons. The van der Waals surface area contributed by atoms with Gasteiger partial charge < -0.3 is 10.1 Å². The lowest BCUT2D eigenvalue weighted by atomic mass is 10.0. The maximum absolute atomic E-state index is 5.12. The molecular weight excluding hydrogens is 270 g/mol. The van der Waals surface area contributed by atoms with Gasteiger partial charge in [0.25, 0.3) is 0 Å². The van der Waals surface area contributed by atoms with Crippen molar-refractivity contribution < 1.29 is 4.74 Å². The standard InChI is InChI=1S/C15H23N3OS/c1-11(2)14-7-5-13(6-8-14)9-16-18-15(20)17-12(3)10-19-4/h5-9,11-12H,10H2,1-4H3,(H2,17,18,20)/b16-9-/t12-/m1/s1. The molecule has 5 heteroatoms. The minimum absolute atomic E-state index is 0.153. The Morgan fingerprint density at radius 3 is 2.50 bits per heavy atom.